The van der Waals surface area contributed by atoms with Crippen LogP contribution in [0.15, 0.2) is 0 Å². The Morgan fingerprint density at radius 2 is 2.06 bits per heavy atom. The van der Waals surface area contributed by atoms with Crippen LogP contribution in [0.25, 0.3) is 0 Å². The molecular weight excluding hydrogens is 226 g/mol. The van der Waals surface area contributed by atoms with Crippen molar-refractivity contribution in [3.05, 3.63) is 0 Å². The Kier molecular flexibility index (Phi) is 5.97. The van der Waals surface area contributed by atoms with Crippen molar-refractivity contribution in [1.82, 2.24) is 9.80 Å². The van der Waals surface area contributed by atoms with Crippen molar-refractivity contribution in [2.45, 2.75) is 40.0 Å². The topological polar surface area (TPSA) is 47.3 Å². The van der Waals surface area contributed by atoms with Gasteiger partial charge in [-0.1, -0.05) is 20.8 Å². The van der Waals surface area contributed by atoms with Crippen LogP contribution in [0.2, 0.25) is 0 Å². The number of urea groups is 1. The molecule has 1 fully saturated rings. The van der Waals surface area contributed by atoms with E-state index in [1.165, 1.54) is 0 Å². The zero-order chi connectivity index (χ0) is 13.5. The van der Waals surface area contributed by atoms with Gasteiger partial charge in [-0.25, -0.2) is 4.79 Å². The smallest absolute Gasteiger partial charge is 0.320 e. The molecule has 2 amide bonds. The Balaban J connectivity index is 2.55. The molecule has 0 spiro atoms. The maximum atomic E-state index is 12.4. The van der Waals surface area contributed by atoms with Gasteiger partial charge in [0.25, 0.3) is 0 Å². The molecule has 0 aromatic rings. The van der Waals surface area contributed by atoms with Gasteiger partial charge in [-0.2, -0.15) is 5.26 Å². The van der Waals surface area contributed by atoms with E-state index in [-0.39, 0.29) is 6.03 Å². The highest BCUT2D eigenvalue weighted by molar-refractivity contribution is 5.74. The summed E-state index contributed by atoms with van der Waals surface area (Å²) in [6.07, 6.45) is 2.61. The number of amides is 2. The van der Waals surface area contributed by atoms with E-state index < -0.39 is 0 Å². The molecule has 0 bridgehead atoms. The Bertz CT molecular complexity index is 301. The lowest BCUT2D eigenvalue weighted by atomic mass is 9.99. The van der Waals surface area contributed by atoms with E-state index in [1.807, 2.05) is 9.80 Å². The second kappa shape index (κ2) is 7.25. The van der Waals surface area contributed by atoms with Crippen molar-refractivity contribution < 1.29 is 4.79 Å². The second-order valence-electron chi connectivity index (χ2n) is 5.70. The first-order valence-electron chi connectivity index (χ1n) is 6.95. The molecule has 0 saturated carbocycles. The number of carbonyl (C=O) groups is 1. The van der Waals surface area contributed by atoms with Crippen LogP contribution in [-0.4, -0.2) is 42.0 Å². The zero-order valence-electron chi connectivity index (χ0n) is 11.9. The van der Waals surface area contributed by atoms with Crippen molar-refractivity contribution in [2.24, 2.45) is 11.8 Å². The number of rotatable bonds is 4. The molecule has 4 heteroatoms. The quantitative estimate of drug-likeness (QED) is 0.771. The Hall–Kier alpha value is -1.24. The molecule has 0 aromatic heterocycles. The van der Waals surface area contributed by atoms with Gasteiger partial charge >= 0.3 is 6.03 Å². The molecule has 0 aliphatic carbocycles. The molecule has 0 atom stereocenters. The molecule has 102 valence electrons. The lowest BCUT2D eigenvalue weighted by Gasteiger charge is -2.35. The number of nitriles is 1. The SMILES string of the molecule is CC(C)CN(CCC#N)C(=O)N1CCC(C)CC1. The zero-order valence-corrected chi connectivity index (χ0v) is 11.9. The summed E-state index contributed by atoms with van der Waals surface area (Å²) in [6, 6.07) is 2.24. The minimum Gasteiger partial charge on any atom is -0.325 e. The first kappa shape index (κ1) is 14.8. The summed E-state index contributed by atoms with van der Waals surface area (Å²) in [7, 11) is 0. The standard InChI is InChI=1S/C14H25N3O/c1-12(2)11-17(8-4-7-15)14(18)16-9-5-13(3)6-10-16/h12-13H,4-6,8-11H2,1-3H3. The minimum atomic E-state index is 0.117. The van der Waals surface area contributed by atoms with Gasteiger partial charge < -0.3 is 9.80 Å². The van der Waals surface area contributed by atoms with Crippen molar-refractivity contribution in [2.75, 3.05) is 26.2 Å². The summed E-state index contributed by atoms with van der Waals surface area (Å²) in [6.45, 7) is 9.47. The fourth-order valence-electron chi connectivity index (χ4n) is 2.29. The van der Waals surface area contributed by atoms with Crippen molar-refractivity contribution in [3.63, 3.8) is 0 Å². The summed E-state index contributed by atoms with van der Waals surface area (Å²) in [5, 5.41) is 8.67. The normalized spacial score (nSPS) is 16.7. The van der Waals surface area contributed by atoms with Gasteiger partial charge in [0.1, 0.15) is 0 Å². The van der Waals surface area contributed by atoms with Gasteiger partial charge in [0, 0.05) is 26.2 Å². The maximum Gasteiger partial charge on any atom is 0.320 e. The Morgan fingerprint density at radius 3 is 2.56 bits per heavy atom. The fourth-order valence-corrected chi connectivity index (χ4v) is 2.29. The van der Waals surface area contributed by atoms with Gasteiger partial charge in [0.15, 0.2) is 0 Å². The third-order valence-electron chi connectivity index (χ3n) is 3.40. The van der Waals surface area contributed by atoms with E-state index in [2.05, 4.69) is 26.8 Å². The lowest BCUT2D eigenvalue weighted by molar-refractivity contribution is 0.131. The fraction of sp³-hybridized carbons (Fsp3) is 0.857. The van der Waals surface area contributed by atoms with Crippen LogP contribution in [0.1, 0.15) is 40.0 Å². The number of nitrogens with zero attached hydrogens (tertiary/aromatic N) is 3. The van der Waals surface area contributed by atoms with Gasteiger partial charge in [-0.3, -0.25) is 0 Å². The van der Waals surface area contributed by atoms with Crippen LogP contribution in [-0.2, 0) is 0 Å². The number of piperidine rings is 1. The molecular formula is C14H25N3O. The highest BCUT2D eigenvalue weighted by Crippen LogP contribution is 2.17. The average molecular weight is 251 g/mol. The molecule has 0 aromatic carbocycles. The van der Waals surface area contributed by atoms with Gasteiger partial charge in [0.2, 0.25) is 0 Å². The molecule has 1 aliphatic rings. The highest BCUT2D eigenvalue weighted by Gasteiger charge is 2.24. The van der Waals surface area contributed by atoms with Gasteiger partial charge in [0.05, 0.1) is 12.5 Å². The van der Waals surface area contributed by atoms with Crippen molar-refractivity contribution in [1.29, 1.82) is 5.26 Å². The molecule has 1 rings (SSSR count). The van der Waals surface area contributed by atoms with Crippen molar-refractivity contribution >= 4 is 6.03 Å². The van der Waals surface area contributed by atoms with Crippen molar-refractivity contribution in [3.8, 4) is 6.07 Å². The number of carbonyl (C=O) groups excluding carboxylic acids is 1. The molecule has 1 heterocycles. The van der Waals surface area contributed by atoms with E-state index in [0.717, 1.165) is 38.4 Å². The van der Waals surface area contributed by atoms with Crippen LogP contribution in [0.5, 0.6) is 0 Å². The van der Waals surface area contributed by atoms with Gasteiger partial charge in [-0.05, 0) is 24.7 Å². The summed E-state index contributed by atoms with van der Waals surface area (Å²) < 4.78 is 0. The lowest BCUT2D eigenvalue weighted by Crippen LogP contribution is -2.47. The third-order valence-corrected chi connectivity index (χ3v) is 3.40. The van der Waals surface area contributed by atoms with Crippen LogP contribution in [0, 0.1) is 23.2 Å². The highest BCUT2D eigenvalue weighted by atomic mass is 16.2. The number of hydrogen-bond donors (Lipinski definition) is 0. The predicted octanol–water partition coefficient (Wildman–Crippen LogP) is 2.71. The van der Waals surface area contributed by atoms with E-state index >= 15 is 0 Å². The van der Waals surface area contributed by atoms with Crippen LogP contribution >= 0.6 is 0 Å². The molecule has 1 aliphatic heterocycles. The first-order chi connectivity index (χ1) is 8.54. The molecule has 0 radical (unpaired) electrons. The third kappa shape index (κ3) is 4.56. The maximum absolute atomic E-state index is 12.4. The first-order valence-corrected chi connectivity index (χ1v) is 6.95. The van der Waals surface area contributed by atoms with Crippen LogP contribution in [0.3, 0.4) is 0 Å². The minimum absolute atomic E-state index is 0.117. The Labute approximate surface area is 111 Å². The Morgan fingerprint density at radius 1 is 1.44 bits per heavy atom. The van der Waals surface area contributed by atoms with Gasteiger partial charge in [-0.15, -0.1) is 0 Å². The van der Waals surface area contributed by atoms with E-state index in [0.29, 0.717) is 18.9 Å². The summed E-state index contributed by atoms with van der Waals surface area (Å²) >= 11 is 0. The molecule has 1 saturated heterocycles. The van der Waals surface area contributed by atoms with E-state index in [1.54, 1.807) is 0 Å². The molecule has 18 heavy (non-hydrogen) atoms. The number of likely N-dealkylation sites (tertiary alicyclic amines) is 1. The van der Waals surface area contributed by atoms with Crippen LogP contribution in [0.4, 0.5) is 4.79 Å². The molecule has 4 nitrogen and oxygen atoms in total. The molecule has 0 unspecified atom stereocenters. The van der Waals surface area contributed by atoms with E-state index in [9.17, 15) is 4.79 Å². The molecule has 0 N–H and O–H groups in total. The predicted molar refractivity (Wildman–Crippen MR) is 72.0 cm³/mol. The van der Waals surface area contributed by atoms with Crippen LogP contribution < -0.4 is 0 Å². The summed E-state index contributed by atoms with van der Waals surface area (Å²) in [5.41, 5.74) is 0. The largest absolute Gasteiger partial charge is 0.325 e. The average Bonchev–Trinajstić information content (AvgIpc) is 2.34. The second-order valence-corrected chi connectivity index (χ2v) is 5.70. The number of hydrogen-bond acceptors (Lipinski definition) is 2. The monoisotopic (exact) mass is 251 g/mol. The summed E-state index contributed by atoms with van der Waals surface area (Å²) in [5.74, 6) is 1.17. The van der Waals surface area contributed by atoms with E-state index in [4.69, 9.17) is 5.26 Å². The summed E-state index contributed by atoms with van der Waals surface area (Å²) in [4.78, 5) is 16.2.